The van der Waals surface area contributed by atoms with Crippen molar-refractivity contribution in [3.8, 4) is 0 Å². The molecule has 1 heterocycles. The third kappa shape index (κ3) is 3.40. The molecule has 0 radical (unpaired) electrons. The Kier molecular flexibility index (Phi) is 4.21. The van der Waals surface area contributed by atoms with Crippen LogP contribution in [0, 0.1) is 0 Å². The number of ether oxygens (including phenoxy) is 2. The monoisotopic (exact) mass is 182 g/mol. The van der Waals surface area contributed by atoms with Crippen molar-refractivity contribution in [3.05, 3.63) is 24.4 Å². The molecule has 0 fully saturated rings. The molecule has 0 unspecified atom stereocenters. The molecule has 1 N–H and O–H groups in total. The highest BCUT2D eigenvalue weighted by Gasteiger charge is 2.03. The first-order valence-electron chi connectivity index (χ1n) is 4.07. The molecule has 1 aromatic rings. The molecule has 4 nitrogen and oxygen atoms in total. The topological polar surface area (TPSA) is 43.4 Å². The van der Waals surface area contributed by atoms with Crippen molar-refractivity contribution in [1.82, 2.24) is 4.98 Å². The van der Waals surface area contributed by atoms with Crippen molar-refractivity contribution < 1.29 is 9.47 Å². The van der Waals surface area contributed by atoms with Gasteiger partial charge >= 0.3 is 0 Å². The summed E-state index contributed by atoms with van der Waals surface area (Å²) in [5.74, 6) is 0.821. The van der Waals surface area contributed by atoms with Crippen molar-refractivity contribution in [2.24, 2.45) is 0 Å². The number of methoxy groups -OCH3 is 2. The maximum atomic E-state index is 5.01. The van der Waals surface area contributed by atoms with E-state index in [9.17, 15) is 0 Å². The van der Waals surface area contributed by atoms with E-state index in [4.69, 9.17) is 9.47 Å². The molecular formula is C9H14N2O2. The van der Waals surface area contributed by atoms with Crippen molar-refractivity contribution in [2.75, 3.05) is 26.1 Å². The van der Waals surface area contributed by atoms with E-state index in [2.05, 4.69) is 10.3 Å². The second kappa shape index (κ2) is 5.50. The average Bonchev–Trinajstić information content (AvgIpc) is 2.21. The molecule has 72 valence electrons. The van der Waals surface area contributed by atoms with Gasteiger partial charge in [0.25, 0.3) is 0 Å². The van der Waals surface area contributed by atoms with E-state index in [1.54, 1.807) is 20.4 Å². The van der Waals surface area contributed by atoms with Gasteiger partial charge in [-0.3, -0.25) is 0 Å². The van der Waals surface area contributed by atoms with Gasteiger partial charge in [0.1, 0.15) is 5.82 Å². The molecule has 13 heavy (non-hydrogen) atoms. The van der Waals surface area contributed by atoms with Crippen LogP contribution >= 0.6 is 0 Å². The van der Waals surface area contributed by atoms with Crippen LogP contribution in [0.3, 0.4) is 0 Å². The summed E-state index contributed by atoms with van der Waals surface area (Å²) in [5, 5.41) is 3.09. The molecule has 0 saturated heterocycles. The predicted octanol–water partition coefficient (Wildman–Crippen LogP) is 1.11. The van der Waals surface area contributed by atoms with Gasteiger partial charge in [0, 0.05) is 20.4 Å². The van der Waals surface area contributed by atoms with Gasteiger partial charge in [-0.25, -0.2) is 4.98 Å². The Labute approximate surface area is 77.9 Å². The molecule has 0 atom stereocenters. The minimum absolute atomic E-state index is 0.234. The van der Waals surface area contributed by atoms with Crippen molar-refractivity contribution in [2.45, 2.75) is 6.29 Å². The van der Waals surface area contributed by atoms with Crippen LogP contribution in [0.4, 0.5) is 5.82 Å². The lowest BCUT2D eigenvalue weighted by Gasteiger charge is -2.13. The van der Waals surface area contributed by atoms with Gasteiger partial charge in [-0.15, -0.1) is 0 Å². The second-order valence-corrected chi connectivity index (χ2v) is 2.50. The van der Waals surface area contributed by atoms with Gasteiger partial charge in [0.15, 0.2) is 6.29 Å². The maximum Gasteiger partial charge on any atom is 0.173 e. The summed E-state index contributed by atoms with van der Waals surface area (Å²) >= 11 is 0. The average molecular weight is 182 g/mol. The molecule has 0 amide bonds. The minimum atomic E-state index is -0.234. The Morgan fingerprint density at radius 2 is 2.15 bits per heavy atom. The standard InChI is InChI=1S/C9H14N2O2/c1-12-9(13-2)7-11-8-5-3-4-6-10-8/h3-6,9H,7H2,1-2H3,(H,10,11). The lowest BCUT2D eigenvalue weighted by molar-refractivity contribution is -0.0914. The molecule has 0 saturated carbocycles. The SMILES string of the molecule is COC(CNc1ccccn1)OC. The Morgan fingerprint density at radius 3 is 2.69 bits per heavy atom. The number of hydrogen-bond acceptors (Lipinski definition) is 4. The summed E-state index contributed by atoms with van der Waals surface area (Å²) in [7, 11) is 3.21. The smallest absolute Gasteiger partial charge is 0.173 e. The van der Waals surface area contributed by atoms with Gasteiger partial charge in [0.05, 0.1) is 6.54 Å². The van der Waals surface area contributed by atoms with E-state index >= 15 is 0 Å². The highest BCUT2D eigenvalue weighted by molar-refractivity contribution is 5.32. The lowest BCUT2D eigenvalue weighted by atomic mass is 10.4. The van der Waals surface area contributed by atoms with Crippen LogP contribution in [-0.2, 0) is 9.47 Å². The van der Waals surface area contributed by atoms with Crippen molar-refractivity contribution in [3.63, 3.8) is 0 Å². The third-order valence-electron chi connectivity index (χ3n) is 1.64. The number of aromatic nitrogens is 1. The Bertz CT molecular complexity index is 224. The third-order valence-corrected chi connectivity index (χ3v) is 1.64. The van der Waals surface area contributed by atoms with Crippen LogP contribution in [0.15, 0.2) is 24.4 Å². The zero-order chi connectivity index (χ0) is 9.52. The first kappa shape index (κ1) is 9.95. The molecular weight excluding hydrogens is 168 g/mol. The Hall–Kier alpha value is -1.13. The van der Waals surface area contributed by atoms with E-state index in [1.807, 2.05) is 18.2 Å². The number of anilines is 1. The molecule has 1 aromatic heterocycles. The van der Waals surface area contributed by atoms with E-state index < -0.39 is 0 Å². The number of rotatable bonds is 5. The molecule has 0 spiro atoms. The molecule has 0 aliphatic carbocycles. The number of pyridine rings is 1. The van der Waals surface area contributed by atoms with Crippen LogP contribution in [-0.4, -0.2) is 32.0 Å². The summed E-state index contributed by atoms with van der Waals surface area (Å²) in [6, 6.07) is 5.68. The summed E-state index contributed by atoms with van der Waals surface area (Å²) in [5.41, 5.74) is 0. The number of hydrogen-bond donors (Lipinski definition) is 1. The lowest BCUT2D eigenvalue weighted by Crippen LogP contribution is -2.23. The van der Waals surface area contributed by atoms with Crippen LogP contribution < -0.4 is 5.32 Å². The van der Waals surface area contributed by atoms with Crippen LogP contribution in [0.2, 0.25) is 0 Å². The molecule has 1 rings (SSSR count). The quantitative estimate of drug-likeness (QED) is 0.693. The summed E-state index contributed by atoms with van der Waals surface area (Å²) < 4.78 is 10.0. The fourth-order valence-corrected chi connectivity index (χ4v) is 0.918. The molecule has 0 bridgehead atoms. The van der Waals surface area contributed by atoms with Gasteiger partial charge in [-0.1, -0.05) is 6.07 Å². The molecule has 0 aliphatic heterocycles. The Balaban J connectivity index is 2.34. The summed E-state index contributed by atoms with van der Waals surface area (Å²) in [6.45, 7) is 0.587. The highest BCUT2D eigenvalue weighted by Crippen LogP contribution is 2.00. The minimum Gasteiger partial charge on any atom is -0.365 e. The first-order valence-corrected chi connectivity index (χ1v) is 4.07. The van der Waals surface area contributed by atoms with E-state index in [-0.39, 0.29) is 6.29 Å². The zero-order valence-electron chi connectivity index (χ0n) is 7.86. The summed E-state index contributed by atoms with van der Waals surface area (Å²) in [4.78, 5) is 4.10. The van der Waals surface area contributed by atoms with Gasteiger partial charge in [-0.2, -0.15) is 0 Å². The van der Waals surface area contributed by atoms with E-state index in [1.165, 1.54) is 0 Å². The number of nitrogens with zero attached hydrogens (tertiary/aromatic N) is 1. The maximum absolute atomic E-state index is 5.01. The fourth-order valence-electron chi connectivity index (χ4n) is 0.918. The molecule has 4 heteroatoms. The number of nitrogens with one attached hydrogen (secondary N) is 1. The summed E-state index contributed by atoms with van der Waals surface area (Å²) in [6.07, 6.45) is 1.50. The molecule has 0 aliphatic rings. The van der Waals surface area contributed by atoms with Crippen LogP contribution in [0.25, 0.3) is 0 Å². The van der Waals surface area contributed by atoms with Gasteiger partial charge in [-0.05, 0) is 12.1 Å². The first-order chi connectivity index (χ1) is 6.36. The van der Waals surface area contributed by atoms with Crippen molar-refractivity contribution >= 4 is 5.82 Å². The Morgan fingerprint density at radius 1 is 1.38 bits per heavy atom. The molecule has 0 aromatic carbocycles. The normalized spacial score (nSPS) is 10.4. The predicted molar refractivity (Wildman–Crippen MR) is 50.5 cm³/mol. The van der Waals surface area contributed by atoms with Crippen molar-refractivity contribution in [1.29, 1.82) is 0 Å². The largest absolute Gasteiger partial charge is 0.365 e. The fraction of sp³-hybridized carbons (Fsp3) is 0.444. The van der Waals surface area contributed by atoms with Crippen LogP contribution in [0.1, 0.15) is 0 Å². The zero-order valence-corrected chi connectivity index (χ0v) is 7.86. The highest BCUT2D eigenvalue weighted by atomic mass is 16.7. The van der Waals surface area contributed by atoms with E-state index in [0.717, 1.165) is 5.82 Å². The van der Waals surface area contributed by atoms with Gasteiger partial charge in [0.2, 0.25) is 0 Å². The van der Waals surface area contributed by atoms with E-state index in [0.29, 0.717) is 6.54 Å². The second-order valence-electron chi connectivity index (χ2n) is 2.50. The van der Waals surface area contributed by atoms with Gasteiger partial charge < -0.3 is 14.8 Å². The van der Waals surface area contributed by atoms with Crippen LogP contribution in [0.5, 0.6) is 0 Å².